The van der Waals surface area contributed by atoms with E-state index in [1.807, 2.05) is 0 Å². The van der Waals surface area contributed by atoms with Crippen LogP contribution in [0.3, 0.4) is 0 Å². The van der Waals surface area contributed by atoms with Gasteiger partial charge in [-0.1, -0.05) is 85.0 Å². The van der Waals surface area contributed by atoms with Gasteiger partial charge in [0.15, 0.2) is 0 Å². The van der Waals surface area contributed by atoms with Gasteiger partial charge in [-0.3, -0.25) is 0 Å². The normalized spacial score (nSPS) is 26.2. The minimum absolute atomic E-state index is 0.994. The van der Waals surface area contributed by atoms with E-state index in [4.69, 9.17) is 0 Å². The molecule has 108 valence electrons. The molecule has 0 bridgehead atoms. The van der Waals surface area contributed by atoms with Crippen LogP contribution < -0.4 is 0 Å². The molecule has 0 heterocycles. The number of unbranched alkanes of at least 4 members (excludes halogenated alkanes) is 4. The summed E-state index contributed by atoms with van der Waals surface area (Å²) in [6.45, 7) is 7.14. The fourth-order valence-electron chi connectivity index (χ4n) is 3.68. The molecule has 18 heavy (non-hydrogen) atoms. The first-order valence-electron chi connectivity index (χ1n) is 8.77. The number of hydrogen-bond donors (Lipinski definition) is 0. The van der Waals surface area contributed by atoms with Crippen LogP contribution in [0, 0.1) is 17.8 Å². The lowest BCUT2D eigenvalue weighted by Crippen LogP contribution is -2.20. The molecule has 1 aliphatic rings. The Labute approximate surface area is 116 Å². The minimum Gasteiger partial charge on any atom is -0.0654 e. The molecule has 0 amide bonds. The van der Waals surface area contributed by atoms with E-state index in [2.05, 4.69) is 20.8 Å². The van der Waals surface area contributed by atoms with E-state index in [1.54, 1.807) is 0 Å². The highest BCUT2D eigenvalue weighted by molar-refractivity contribution is 4.76. The third-order valence-corrected chi connectivity index (χ3v) is 5.18. The Balaban J connectivity index is 2.10. The Morgan fingerprint density at radius 2 is 1.44 bits per heavy atom. The zero-order chi connectivity index (χ0) is 13.2. The van der Waals surface area contributed by atoms with Gasteiger partial charge in [-0.2, -0.15) is 0 Å². The maximum Gasteiger partial charge on any atom is -0.0388 e. The highest BCUT2D eigenvalue weighted by atomic mass is 14.3. The summed E-state index contributed by atoms with van der Waals surface area (Å²) in [4.78, 5) is 0. The molecule has 1 aliphatic carbocycles. The molecule has 0 heteroatoms. The van der Waals surface area contributed by atoms with Crippen LogP contribution in [-0.4, -0.2) is 0 Å². The lowest BCUT2D eigenvalue weighted by atomic mass is 9.74. The first-order chi connectivity index (χ1) is 8.77. The second kappa shape index (κ2) is 9.87. The number of rotatable bonds is 9. The predicted octanol–water partition coefficient (Wildman–Crippen LogP) is 6.59. The molecule has 0 aliphatic heterocycles. The largest absolute Gasteiger partial charge is 0.0654 e. The minimum atomic E-state index is 0.994. The van der Waals surface area contributed by atoms with E-state index >= 15 is 0 Å². The third-order valence-electron chi connectivity index (χ3n) is 5.18. The average molecular weight is 252 g/mol. The van der Waals surface area contributed by atoms with Crippen LogP contribution in [0.5, 0.6) is 0 Å². The first-order valence-corrected chi connectivity index (χ1v) is 8.77. The molecule has 0 aromatic rings. The molecule has 0 N–H and O–H groups in total. The Bertz CT molecular complexity index is 176. The van der Waals surface area contributed by atoms with Crippen molar-refractivity contribution in [1.29, 1.82) is 0 Å². The molecular formula is C18H36. The smallest absolute Gasteiger partial charge is 0.0388 e. The van der Waals surface area contributed by atoms with E-state index in [9.17, 15) is 0 Å². The van der Waals surface area contributed by atoms with Crippen molar-refractivity contribution in [3.05, 3.63) is 0 Å². The van der Waals surface area contributed by atoms with Gasteiger partial charge < -0.3 is 0 Å². The van der Waals surface area contributed by atoms with Crippen molar-refractivity contribution in [1.82, 2.24) is 0 Å². The lowest BCUT2D eigenvalue weighted by molar-refractivity contribution is 0.196. The molecule has 1 unspecified atom stereocenters. The van der Waals surface area contributed by atoms with Crippen LogP contribution in [0.4, 0.5) is 0 Å². The Morgan fingerprint density at radius 3 is 2.06 bits per heavy atom. The van der Waals surface area contributed by atoms with Crippen LogP contribution in [0.15, 0.2) is 0 Å². The van der Waals surface area contributed by atoms with Gasteiger partial charge in [0.2, 0.25) is 0 Å². The van der Waals surface area contributed by atoms with Crippen molar-refractivity contribution < 1.29 is 0 Å². The van der Waals surface area contributed by atoms with Gasteiger partial charge in [-0.15, -0.1) is 0 Å². The second-order valence-corrected chi connectivity index (χ2v) is 6.75. The van der Waals surface area contributed by atoms with Crippen molar-refractivity contribution in [2.75, 3.05) is 0 Å². The third kappa shape index (κ3) is 6.25. The van der Waals surface area contributed by atoms with Gasteiger partial charge in [-0.25, -0.2) is 0 Å². The quantitative estimate of drug-likeness (QED) is 0.406. The maximum atomic E-state index is 2.51. The second-order valence-electron chi connectivity index (χ2n) is 6.75. The summed E-state index contributed by atoms with van der Waals surface area (Å²) in [7, 11) is 0. The van der Waals surface area contributed by atoms with Crippen LogP contribution in [-0.2, 0) is 0 Å². The summed E-state index contributed by atoms with van der Waals surface area (Å²) in [5.74, 6) is 3.13. The lowest BCUT2D eigenvalue weighted by Gasteiger charge is -2.32. The topological polar surface area (TPSA) is 0 Å². The van der Waals surface area contributed by atoms with Crippen LogP contribution in [0.25, 0.3) is 0 Å². The van der Waals surface area contributed by atoms with Crippen molar-refractivity contribution in [3.63, 3.8) is 0 Å². The first kappa shape index (κ1) is 16.1. The molecule has 1 atom stereocenters. The fourth-order valence-corrected chi connectivity index (χ4v) is 3.68. The summed E-state index contributed by atoms with van der Waals surface area (Å²) < 4.78 is 0. The van der Waals surface area contributed by atoms with Gasteiger partial charge in [-0.05, 0) is 30.6 Å². The van der Waals surface area contributed by atoms with Crippen LogP contribution in [0.2, 0.25) is 0 Å². The van der Waals surface area contributed by atoms with Crippen LogP contribution in [0.1, 0.15) is 97.8 Å². The van der Waals surface area contributed by atoms with Crippen molar-refractivity contribution >= 4 is 0 Å². The Morgan fingerprint density at radius 1 is 0.833 bits per heavy atom. The van der Waals surface area contributed by atoms with Crippen LogP contribution >= 0.6 is 0 Å². The van der Waals surface area contributed by atoms with Gasteiger partial charge in [0.05, 0.1) is 0 Å². The molecule has 0 aromatic heterocycles. The predicted molar refractivity (Wildman–Crippen MR) is 82.9 cm³/mol. The van der Waals surface area contributed by atoms with Gasteiger partial charge in [0.1, 0.15) is 0 Å². The molecule has 1 saturated carbocycles. The van der Waals surface area contributed by atoms with E-state index in [0.29, 0.717) is 0 Å². The van der Waals surface area contributed by atoms with Gasteiger partial charge in [0.25, 0.3) is 0 Å². The Kier molecular flexibility index (Phi) is 8.80. The standard InChI is InChI=1S/C18H36/c1-4-6-8-10-16(3)18-14-12-17(13-15-18)11-9-7-5-2/h16-18H,4-15H2,1-3H3. The molecule has 0 aromatic carbocycles. The summed E-state index contributed by atoms with van der Waals surface area (Å²) >= 11 is 0. The summed E-state index contributed by atoms with van der Waals surface area (Å²) in [6.07, 6.45) is 17.7. The van der Waals surface area contributed by atoms with E-state index in [1.165, 1.54) is 77.0 Å². The Hall–Kier alpha value is 0. The molecule has 1 rings (SSSR count). The van der Waals surface area contributed by atoms with E-state index in [0.717, 1.165) is 17.8 Å². The summed E-state index contributed by atoms with van der Waals surface area (Å²) in [5.41, 5.74) is 0. The maximum absolute atomic E-state index is 2.51. The van der Waals surface area contributed by atoms with E-state index in [-0.39, 0.29) is 0 Å². The summed E-state index contributed by atoms with van der Waals surface area (Å²) in [5, 5.41) is 0. The van der Waals surface area contributed by atoms with Crippen molar-refractivity contribution in [2.45, 2.75) is 97.8 Å². The fraction of sp³-hybridized carbons (Fsp3) is 1.00. The molecule has 1 fully saturated rings. The van der Waals surface area contributed by atoms with Crippen molar-refractivity contribution in [2.24, 2.45) is 17.8 Å². The van der Waals surface area contributed by atoms with E-state index < -0.39 is 0 Å². The SMILES string of the molecule is CCCCCC1CCC(C(C)CCCCC)CC1. The molecule has 0 nitrogen and oxygen atoms in total. The highest BCUT2D eigenvalue weighted by Crippen LogP contribution is 2.37. The monoisotopic (exact) mass is 252 g/mol. The molecule has 0 radical (unpaired) electrons. The molecule has 0 saturated heterocycles. The highest BCUT2D eigenvalue weighted by Gasteiger charge is 2.24. The molecular weight excluding hydrogens is 216 g/mol. The zero-order valence-electron chi connectivity index (χ0n) is 13.2. The van der Waals surface area contributed by atoms with Gasteiger partial charge in [0, 0.05) is 0 Å². The van der Waals surface area contributed by atoms with Crippen molar-refractivity contribution in [3.8, 4) is 0 Å². The average Bonchev–Trinajstić information content (AvgIpc) is 2.40. The molecule has 0 spiro atoms. The zero-order valence-corrected chi connectivity index (χ0v) is 13.2. The number of hydrogen-bond acceptors (Lipinski definition) is 0. The van der Waals surface area contributed by atoms with Gasteiger partial charge >= 0.3 is 0 Å². The summed E-state index contributed by atoms with van der Waals surface area (Å²) in [6, 6.07) is 0.